The predicted molar refractivity (Wildman–Crippen MR) is 110 cm³/mol. The zero-order valence-corrected chi connectivity index (χ0v) is 16.7. The molecule has 30 heavy (non-hydrogen) atoms. The number of nitrogens with zero attached hydrogens (tertiary/aromatic N) is 2. The number of ketones is 1. The summed E-state index contributed by atoms with van der Waals surface area (Å²) in [5, 5.41) is 9.77. The van der Waals surface area contributed by atoms with Gasteiger partial charge in [-0.1, -0.05) is 24.3 Å². The smallest absolute Gasteiger partial charge is 0.161 e. The third kappa shape index (κ3) is 3.55. The van der Waals surface area contributed by atoms with Gasteiger partial charge in [-0.25, -0.2) is 4.39 Å². The summed E-state index contributed by atoms with van der Waals surface area (Å²) in [7, 11) is 1.81. The van der Waals surface area contributed by atoms with E-state index in [1.54, 1.807) is 36.2 Å². The first-order valence-corrected chi connectivity index (χ1v) is 9.86. The minimum Gasteiger partial charge on any atom is -0.489 e. The van der Waals surface area contributed by atoms with Crippen LogP contribution < -0.4 is 10.5 Å². The monoisotopic (exact) mass is 403 g/mol. The molecule has 0 bridgehead atoms. The number of carbonyl (C=O) groups excluding carboxylic acids is 1. The summed E-state index contributed by atoms with van der Waals surface area (Å²) in [6, 6.07) is 15.8. The summed E-state index contributed by atoms with van der Waals surface area (Å²) in [5.41, 5.74) is 9.77. The minimum atomic E-state index is -0.466. The Labute approximate surface area is 174 Å². The molecule has 1 heterocycles. The summed E-state index contributed by atoms with van der Waals surface area (Å²) in [4.78, 5) is 14.5. The van der Waals surface area contributed by atoms with Crippen molar-refractivity contribution in [2.75, 3.05) is 7.05 Å². The van der Waals surface area contributed by atoms with E-state index in [-0.39, 0.29) is 18.2 Å². The Balaban J connectivity index is 1.62. The van der Waals surface area contributed by atoms with E-state index in [0.717, 1.165) is 29.7 Å². The highest BCUT2D eigenvalue weighted by Crippen LogP contribution is 2.44. The maximum atomic E-state index is 13.3. The van der Waals surface area contributed by atoms with Crippen LogP contribution in [0.5, 0.6) is 5.75 Å². The predicted octanol–water partition coefficient (Wildman–Crippen LogP) is 4.13. The zero-order chi connectivity index (χ0) is 21.3. The molecular weight excluding hydrogens is 381 g/mol. The number of nitriles is 1. The fourth-order valence-corrected chi connectivity index (χ4v) is 4.15. The quantitative estimate of drug-likeness (QED) is 0.830. The molecule has 0 spiro atoms. The molecule has 6 heteroatoms. The van der Waals surface area contributed by atoms with Crippen LogP contribution in [0.2, 0.25) is 0 Å². The van der Waals surface area contributed by atoms with E-state index in [2.05, 4.69) is 6.07 Å². The van der Waals surface area contributed by atoms with Gasteiger partial charge in [0.15, 0.2) is 5.78 Å². The van der Waals surface area contributed by atoms with Gasteiger partial charge in [-0.15, -0.1) is 0 Å². The van der Waals surface area contributed by atoms with E-state index in [9.17, 15) is 14.4 Å². The minimum absolute atomic E-state index is 0.0692. The van der Waals surface area contributed by atoms with Crippen LogP contribution in [0.15, 0.2) is 71.2 Å². The van der Waals surface area contributed by atoms with Gasteiger partial charge in [0.05, 0.1) is 17.6 Å². The van der Waals surface area contributed by atoms with E-state index in [1.165, 1.54) is 12.1 Å². The first kappa shape index (κ1) is 19.7. The largest absolute Gasteiger partial charge is 0.489 e. The Morgan fingerprint density at radius 2 is 2.00 bits per heavy atom. The average molecular weight is 403 g/mol. The van der Waals surface area contributed by atoms with E-state index in [1.807, 2.05) is 12.1 Å². The number of rotatable bonds is 4. The Hall–Kier alpha value is -3.59. The lowest BCUT2D eigenvalue weighted by molar-refractivity contribution is -0.116. The number of hydrogen-bond acceptors (Lipinski definition) is 5. The maximum Gasteiger partial charge on any atom is 0.161 e. The third-order valence-electron chi connectivity index (χ3n) is 5.68. The van der Waals surface area contributed by atoms with Crippen LogP contribution >= 0.6 is 0 Å². The molecule has 152 valence electrons. The summed E-state index contributed by atoms with van der Waals surface area (Å²) >= 11 is 0. The molecule has 0 amide bonds. The normalized spacial score (nSPS) is 18.9. The summed E-state index contributed by atoms with van der Waals surface area (Å²) in [5.74, 6) is 0.312. The first-order chi connectivity index (χ1) is 14.5. The Bertz CT molecular complexity index is 1100. The van der Waals surface area contributed by atoms with Gasteiger partial charge in [0.2, 0.25) is 0 Å². The molecule has 0 saturated carbocycles. The van der Waals surface area contributed by atoms with Crippen LogP contribution in [0.25, 0.3) is 0 Å². The molecule has 0 radical (unpaired) electrons. The number of hydrogen-bond donors (Lipinski definition) is 1. The SMILES string of the molecule is CN1C(N)=C(C#N)[C@@H](c2ccc(OCc3cccc(F)c3)cc2)C2=C1CCCC2=O. The molecule has 1 aliphatic carbocycles. The van der Waals surface area contributed by atoms with Crippen LogP contribution in [0.3, 0.4) is 0 Å². The summed E-state index contributed by atoms with van der Waals surface area (Å²) in [6.45, 7) is 0.245. The Morgan fingerprint density at radius 1 is 1.23 bits per heavy atom. The second-order valence-corrected chi connectivity index (χ2v) is 7.53. The lowest BCUT2D eigenvalue weighted by Gasteiger charge is -2.37. The maximum absolute atomic E-state index is 13.3. The van der Waals surface area contributed by atoms with Crippen molar-refractivity contribution in [3.05, 3.63) is 88.1 Å². The molecule has 0 aromatic heterocycles. The highest BCUT2D eigenvalue weighted by molar-refractivity contribution is 5.99. The van der Waals surface area contributed by atoms with Crippen molar-refractivity contribution in [3.63, 3.8) is 0 Å². The summed E-state index contributed by atoms with van der Waals surface area (Å²) < 4.78 is 19.1. The molecule has 2 aliphatic rings. The van der Waals surface area contributed by atoms with Crippen LogP contribution in [-0.4, -0.2) is 17.7 Å². The molecule has 1 aliphatic heterocycles. The molecule has 1 atom stereocenters. The van der Waals surface area contributed by atoms with Crippen LogP contribution in [0, 0.1) is 17.1 Å². The van der Waals surface area contributed by atoms with Crippen LogP contribution in [0.1, 0.15) is 36.3 Å². The van der Waals surface area contributed by atoms with Crippen molar-refractivity contribution >= 4 is 5.78 Å². The van der Waals surface area contributed by atoms with Gasteiger partial charge in [-0.05, 0) is 48.2 Å². The fraction of sp³-hybridized carbons (Fsp3) is 0.250. The molecule has 0 fully saturated rings. The lowest BCUT2D eigenvalue weighted by atomic mass is 9.76. The van der Waals surface area contributed by atoms with Gasteiger partial charge in [0.1, 0.15) is 24.0 Å². The highest BCUT2D eigenvalue weighted by atomic mass is 19.1. The van der Waals surface area contributed by atoms with Gasteiger partial charge in [0.25, 0.3) is 0 Å². The molecule has 5 nitrogen and oxygen atoms in total. The number of allylic oxidation sites excluding steroid dienone is 3. The van der Waals surface area contributed by atoms with E-state index >= 15 is 0 Å². The molecular formula is C24H22FN3O2. The second-order valence-electron chi connectivity index (χ2n) is 7.53. The number of carbonyl (C=O) groups is 1. The van der Waals surface area contributed by atoms with Gasteiger partial charge < -0.3 is 15.4 Å². The molecule has 2 N–H and O–H groups in total. The number of ether oxygens (including phenoxy) is 1. The van der Waals surface area contributed by atoms with E-state index < -0.39 is 5.92 Å². The molecule has 4 rings (SSSR count). The topological polar surface area (TPSA) is 79.3 Å². The molecule has 0 unspecified atom stereocenters. The van der Waals surface area contributed by atoms with E-state index in [4.69, 9.17) is 10.5 Å². The molecule has 0 saturated heterocycles. The fourth-order valence-electron chi connectivity index (χ4n) is 4.15. The van der Waals surface area contributed by atoms with Crippen molar-refractivity contribution in [2.24, 2.45) is 5.73 Å². The summed E-state index contributed by atoms with van der Waals surface area (Å²) in [6.07, 6.45) is 2.04. The third-order valence-corrected chi connectivity index (χ3v) is 5.68. The van der Waals surface area contributed by atoms with Gasteiger partial charge in [-0.2, -0.15) is 5.26 Å². The standard InChI is InChI=1S/C24H22FN3O2/c1-28-20-6-3-7-21(29)23(20)22(19(13-26)24(28)27)16-8-10-18(11-9-16)30-14-15-4-2-5-17(25)12-15/h2,4-5,8-12,22H,3,6-7,14,27H2,1H3/t22-/m1/s1. The van der Waals surface area contributed by atoms with Crippen molar-refractivity contribution in [1.82, 2.24) is 4.90 Å². The van der Waals surface area contributed by atoms with E-state index in [0.29, 0.717) is 29.1 Å². The van der Waals surface area contributed by atoms with Gasteiger partial charge in [0, 0.05) is 24.7 Å². The van der Waals surface area contributed by atoms with Crippen molar-refractivity contribution in [1.29, 1.82) is 5.26 Å². The average Bonchev–Trinajstić information content (AvgIpc) is 2.75. The van der Waals surface area contributed by atoms with Crippen molar-refractivity contribution in [3.8, 4) is 11.8 Å². The van der Waals surface area contributed by atoms with Gasteiger partial charge >= 0.3 is 0 Å². The molecule has 2 aromatic carbocycles. The van der Waals surface area contributed by atoms with Crippen molar-refractivity contribution in [2.45, 2.75) is 31.8 Å². The zero-order valence-electron chi connectivity index (χ0n) is 16.7. The van der Waals surface area contributed by atoms with Gasteiger partial charge in [-0.3, -0.25) is 4.79 Å². The molecule has 2 aromatic rings. The highest BCUT2D eigenvalue weighted by Gasteiger charge is 2.38. The Kier molecular flexibility index (Phi) is 5.28. The van der Waals surface area contributed by atoms with Crippen LogP contribution in [0.4, 0.5) is 4.39 Å². The lowest BCUT2D eigenvalue weighted by Crippen LogP contribution is -2.36. The number of halogens is 1. The first-order valence-electron chi connectivity index (χ1n) is 9.86. The van der Waals surface area contributed by atoms with Crippen LogP contribution in [-0.2, 0) is 11.4 Å². The number of Topliss-reactive ketones (excluding diaryl/α,β-unsaturated/α-hetero) is 1. The number of nitrogens with two attached hydrogens (primary N) is 1. The Morgan fingerprint density at radius 3 is 2.70 bits per heavy atom. The van der Waals surface area contributed by atoms with Crippen molar-refractivity contribution < 1.29 is 13.9 Å². The number of benzene rings is 2. The second kappa shape index (κ2) is 8.03.